The zero-order valence-corrected chi connectivity index (χ0v) is 20.1. The van der Waals surface area contributed by atoms with Crippen molar-refractivity contribution in [2.75, 3.05) is 19.8 Å². The predicted octanol–water partition coefficient (Wildman–Crippen LogP) is 5.99. The molecule has 3 heterocycles. The van der Waals surface area contributed by atoms with E-state index in [4.69, 9.17) is 9.47 Å². The van der Waals surface area contributed by atoms with Gasteiger partial charge in [-0.05, 0) is 98.9 Å². The van der Waals surface area contributed by atoms with E-state index in [1.54, 1.807) is 0 Å². The molecule has 3 aliphatic rings. The fourth-order valence-electron chi connectivity index (χ4n) is 5.59. The van der Waals surface area contributed by atoms with Crippen molar-refractivity contribution < 1.29 is 9.47 Å². The molecule has 4 heteroatoms. The molecule has 1 fully saturated rings. The Morgan fingerprint density at radius 3 is 2.82 bits per heavy atom. The van der Waals surface area contributed by atoms with Crippen molar-refractivity contribution in [3.63, 3.8) is 0 Å². The van der Waals surface area contributed by atoms with Crippen LogP contribution in [-0.2, 0) is 29.0 Å². The monoisotopic (exact) mass is 444 g/mol. The molecule has 0 unspecified atom stereocenters. The highest BCUT2D eigenvalue weighted by molar-refractivity contribution is 5.76. The van der Waals surface area contributed by atoms with E-state index >= 15 is 0 Å². The molecule has 1 aromatic carbocycles. The van der Waals surface area contributed by atoms with E-state index in [2.05, 4.69) is 48.0 Å². The molecule has 0 radical (unpaired) electrons. The van der Waals surface area contributed by atoms with Crippen LogP contribution in [0.1, 0.15) is 67.0 Å². The van der Waals surface area contributed by atoms with Crippen molar-refractivity contribution in [1.29, 1.82) is 0 Å². The summed E-state index contributed by atoms with van der Waals surface area (Å²) >= 11 is 0. The molecule has 2 aliphatic heterocycles. The fraction of sp³-hybridized carbons (Fsp3) is 0.483. The molecule has 1 saturated heterocycles. The molecule has 0 saturated carbocycles. The van der Waals surface area contributed by atoms with Crippen LogP contribution in [0, 0.1) is 6.92 Å². The van der Waals surface area contributed by atoms with Gasteiger partial charge in [0.15, 0.2) is 0 Å². The second kappa shape index (κ2) is 10.2. The molecule has 0 spiro atoms. The van der Waals surface area contributed by atoms with Crippen molar-refractivity contribution in [2.45, 2.75) is 71.6 Å². The van der Waals surface area contributed by atoms with Crippen molar-refractivity contribution in [3.05, 3.63) is 81.9 Å². The normalized spacial score (nSPS) is 20.2. The maximum atomic E-state index is 6.49. The minimum absolute atomic E-state index is 0.606. The first-order valence-electron chi connectivity index (χ1n) is 12.6. The third kappa shape index (κ3) is 5.07. The van der Waals surface area contributed by atoms with Crippen molar-refractivity contribution in [3.8, 4) is 0 Å². The van der Waals surface area contributed by atoms with Gasteiger partial charge in [0.05, 0.1) is 5.69 Å². The highest BCUT2D eigenvalue weighted by Gasteiger charge is 2.25. The number of aromatic nitrogens is 1. The molecule has 1 aromatic heterocycles. The molecular weight excluding hydrogens is 408 g/mol. The lowest BCUT2D eigenvalue weighted by molar-refractivity contribution is 0.0315. The Balaban J connectivity index is 1.32. The minimum Gasteiger partial charge on any atom is -0.488 e. The van der Waals surface area contributed by atoms with Gasteiger partial charge in [-0.25, -0.2) is 0 Å². The van der Waals surface area contributed by atoms with Crippen molar-refractivity contribution in [2.24, 2.45) is 0 Å². The Morgan fingerprint density at radius 2 is 2.00 bits per heavy atom. The van der Waals surface area contributed by atoms with Gasteiger partial charge in [-0.15, -0.1) is 0 Å². The smallest absolute Gasteiger partial charge is 0.127 e. The van der Waals surface area contributed by atoms with Crippen LogP contribution in [0.4, 0.5) is 0 Å². The molecule has 1 aliphatic carbocycles. The van der Waals surface area contributed by atoms with E-state index < -0.39 is 0 Å². The van der Waals surface area contributed by atoms with Crippen LogP contribution in [0.2, 0.25) is 0 Å². The van der Waals surface area contributed by atoms with Crippen LogP contribution in [0.3, 0.4) is 0 Å². The first-order valence-corrected chi connectivity index (χ1v) is 12.6. The Bertz CT molecular complexity index is 1040. The molecule has 0 N–H and O–H groups in total. The number of aryl methyl sites for hydroxylation is 2. The van der Waals surface area contributed by atoms with E-state index in [9.17, 15) is 0 Å². The SMILES string of the molecule is CC1=C(OCc2cc(C)c3c(c2)CCCN(C2CCOCC2)C3)C(c2ccccn2)=CCC1. The molecule has 174 valence electrons. The first kappa shape index (κ1) is 22.4. The summed E-state index contributed by atoms with van der Waals surface area (Å²) in [4.78, 5) is 7.28. The van der Waals surface area contributed by atoms with E-state index in [0.29, 0.717) is 12.6 Å². The second-order valence-corrected chi connectivity index (χ2v) is 9.74. The number of hydrogen-bond donors (Lipinski definition) is 0. The van der Waals surface area contributed by atoms with Crippen molar-refractivity contribution >= 4 is 5.57 Å². The van der Waals surface area contributed by atoms with Crippen LogP contribution in [0.15, 0.2) is 53.9 Å². The summed E-state index contributed by atoms with van der Waals surface area (Å²) in [6, 6.07) is 11.5. The predicted molar refractivity (Wildman–Crippen MR) is 133 cm³/mol. The third-order valence-corrected chi connectivity index (χ3v) is 7.41. The average Bonchev–Trinajstić information content (AvgIpc) is 3.07. The highest BCUT2D eigenvalue weighted by atomic mass is 16.5. The van der Waals surface area contributed by atoms with E-state index in [-0.39, 0.29) is 0 Å². The van der Waals surface area contributed by atoms with Gasteiger partial charge < -0.3 is 9.47 Å². The van der Waals surface area contributed by atoms with Crippen LogP contribution in [0.25, 0.3) is 5.57 Å². The van der Waals surface area contributed by atoms with E-state index in [0.717, 1.165) is 56.0 Å². The van der Waals surface area contributed by atoms with E-state index in [1.165, 1.54) is 53.6 Å². The zero-order chi connectivity index (χ0) is 22.6. The van der Waals surface area contributed by atoms with Gasteiger partial charge in [0.2, 0.25) is 0 Å². The van der Waals surface area contributed by atoms with Gasteiger partial charge >= 0.3 is 0 Å². The summed E-state index contributed by atoms with van der Waals surface area (Å²) in [6.07, 6.45) is 11.0. The van der Waals surface area contributed by atoms with Gasteiger partial charge in [0, 0.05) is 37.6 Å². The lowest BCUT2D eigenvalue weighted by atomic mass is 9.95. The summed E-state index contributed by atoms with van der Waals surface area (Å²) in [5, 5.41) is 0. The third-order valence-electron chi connectivity index (χ3n) is 7.41. The Kier molecular flexibility index (Phi) is 6.93. The highest BCUT2D eigenvalue weighted by Crippen LogP contribution is 2.33. The van der Waals surface area contributed by atoms with Crippen molar-refractivity contribution in [1.82, 2.24) is 9.88 Å². The number of ether oxygens (including phenoxy) is 2. The molecule has 0 bridgehead atoms. The average molecular weight is 445 g/mol. The van der Waals surface area contributed by atoms with Gasteiger partial charge in [-0.1, -0.05) is 24.3 Å². The number of nitrogens with zero attached hydrogens (tertiary/aromatic N) is 2. The molecule has 5 rings (SSSR count). The van der Waals surface area contributed by atoms with Gasteiger partial charge in [0.25, 0.3) is 0 Å². The number of hydrogen-bond acceptors (Lipinski definition) is 4. The number of benzene rings is 1. The zero-order valence-electron chi connectivity index (χ0n) is 20.1. The van der Waals surface area contributed by atoms with Crippen LogP contribution in [0.5, 0.6) is 0 Å². The molecule has 0 amide bonds. The molecular formula is C29H36N2O2. The lowest BCUT2D eigenvalue weighted by Gasteiger charge is -2.33. The van der Waals surface area contributed by atoms with Gasteiger partial charge in [-0.3, -0.25) is 9.88 Å². The second-order valence-electron chi connectivity index (χ2n) is 9.74. The maximum absolute atomic E-state index is 6.49. The molecule has 2 aromatic rings. The lowest BCUT2D eigenvalue weighted by Crippen LogP contribution is -2.39. The fourth-order valence-corrected chi connectivity index (χ4v) is 5.59. The summed E-state index contributed by atoms with van der Waals surface area (Å²) in [6.45, 7) is 9.16. The maximum Gasteiger partial charge on any atom is 0.127 e. The summed E-state index contributed by atoms with van der Waals surface area (Å²) in [7, 11) is 0. The minimum atomic E-state index is 0.606. The standard InChI is InChI=1S/C29H36N2O2/c1-21-7-5-9-26(28-10-3-4-13-30-28)29(21)33-20-23-17-22(2)27-19-31(14-6-8-24(27)18-23)25-11-15-32-16-12-25/h3-4,9-10,13,17-18,25H,5-8,11-12,14-16,19-20H2,1-2H3. The van der Waals surface area contributed by atoms with Crippen LogP contribution in [-0.4, -0.2) is 35.7 Å². The molecule has 33 heavy (non-hydrogen) atoms. The molecule has 4 nitrogen and oxygen atoms in total. The van der Waals surface area contributed by atoms with Crippen LogP contribution < -0.4 is 0 Å². The van der Waals surface area contributed by atoms with Gasteiger partial charge in [0.1, 0.15) is 12.4 Å². The first-order chi connectivity index (χ1) is 16.2. The number of rotatable bonds is 5. The van der Waals surface area contributed by atoms with Gasteiger partial charge in [-0.2, -0.15) is 0 Å². The Labute approximate surface area is 198 Å². The quantitative estimate of drug-likeness (QED) is 0.568. The summed E-state index contributed by atoms with van der Waals surface area (Å²) < 4.78 is 12.1. The van der Waals surface area contributed by atoms with Crippen LogP contribution >= 0.6 is 0 Å². The number of allylic oxidation sites excluding steroid dienone is 3. The number of fused-ring (bicyclic) bond motifs is 1. The molecule has 0 atom stereocenters. The van der Waals surface area contributed by atoms with E-state index in [1.807, 2.05) is 18.3 Å². The topological polar surface area (TPSA) is 34.6 Å². The number of pyridine rings is 1. The Hall–Kier alpha value is -2.43. The largest absolute Gasteiger partial charge is 0.488 e. The Morgan fingerprint density at radius 1 is 1.12 bits per heavy atom. The summed E-state index contributed by atoms with van der Waals surface area (Å²) in [5.74, 6) is 1.01. The summed E-state index contributed by atoms with van der Waals surface area (Å²) in [5.41, 5.74) is 9.17.